The van der Waals surface area contributed by atoms with E-state index in [0.29, 0.717) is 19.1 Å². The van der Waals surface area contributed by atoms with Crippen molar-refractivity contribution in [2.75, 3.05) is 19.3 Å². The highest BCUT2D eigenvalue weighted by Crippen LogP contribution is 2.07. The standard InChI is InChI=1S/C11H20N2O3S/c1-10(2)12-5-7-17(14,15)13(3)8-11-4-6-16-9-11/h4,6,9-10,12H,5,7-8H2,1-3H3. The molecule has 0 aliphatic heterocycles. The Kier molecular flexibility index (Phi) is 5.17. The molecule has 5 nitrogen and oxygen atoms in total. The molecule has 0 amide bonds. The van der Waals surface area contributed by atoms with Gasteiger partial charge in [-0.15, -0.1) is 0 Å². The monoisotopic (exact) mass is 260 g/mol. The summed E-state index contributed by atoms with van der Waals surface area (Å²) in [4.78, 5) is 0. The first kappa shape index (κ1) is 14.2. The second-order valence-electron chi connectivity index (χ2n) is 4.31. The molecule has 17 heavy (non-hydrogen) atoms. The molecule has 1 N–H and O–H groups in total. The molecule has 0 fully saturated rings. The molecular formula is C11H20N2O3S. The van der Waals surface area contributed by atoms with Gasteiger partial charge in [-0.1, -0.05) is 13.8 Å². The van der Waals surface area contributed by atoms with Crippen molar-refractivity contribution in [3.63, 3.8) is 0 Å². The van der Waals surface area contributed by atoms with Crippen molar-refractivity contribution in [1.29, 1.82) is 0 Å². The molecule has 0 aromatic carbocycles. The minimum absolute atomic E-state index is 0.111. The summed E-state index contributed by atoms with van der Waals surface area (Å²) in [6, 6.07) is 2.06. The zero-order valence-electron chi connectivity index (χ0n) is 10.5. The fraction of sp³-hybridized carbons (Fsp3) is 0.636. The largest absolute Gasteiger partial charge is 0.472 e. The number of furan rings is 1. The highest BCUT2D eigenvalue weighted by molar-refractivity contribution is 7.89. The van der Waals surface area contributed by atoms with Crippen LogP contribution >= 0.6 is 0 Å². The summed E-state index contributed by atoms with van der Waals surface area (Å²) in [5.74, 6) is 0.111. The lowest BCUT2D eigenvalue weighted by molar-refractivity contribution is 0.460. The van der Waals surface area contributed by atoms with Crippen LogP contribution in [-0.4, -0.2) is 38.1 Å². The van der Waals surface area contributed by atoms with E-state index < -0.39 is 10.0 Å². The maximum Gasteiger partial charge on any atom is 0.215 e. The molecule has 0 aliphatic carbocycles. The van der Waals surface area contributed by atoms with Gasteiger partial charge in [0.2, 0.25) is 10.0 Å². The minimum atomic E-state index is -3.20. The van der Waals surface area contributed by atoms with Crippen molar-refractivity contribution in [2.24, 2.45) is 0 Å². The molecule has 0 saturated carbocycles. The zero-order chi connectivity index (χ0) is 12.9. The number of hydrogen-bond acceptors (Lipinski definition) is 4. The Bertz CT molecular complexity index is 412. The molecule has 1 aromatic rings. The van der Waals surface area contributed by atoms with E-state index in [-0.39, 0.29) is 5.75 Å². The average molecular weight is 260 g/mol. The SMILES string of the molecule is CC(C)NCCS(=O)(=O)N(C)Cc1ccoc1. The molecule has 1 heterocycles. The van der Waals surface area contributed by atoms with E-state index in [2.05, 4.69) is 5.32 Å². The first-order valence-corrected chi connectivity index (χ1v) is 7.21. The first-order chi connectivity index (χ1) is 7.92. The molecule has 6 heteroatoms. The van der Waals surface area contributed by atoms with Crippen LogP contribution in [0.3, 0.4) is 0 Å². The highest BCUT2D eigenvalue weighted by atomic mass is 32.2. The Balaban J connectivity index is 2.46. The quantitative estimate of drug-likeness (QED) is 0.795. The fourth-order valence-electron chi connectivity index (χ4n) is 1.37. The average Bonchev–Trinajstić information content (AvgIpc) is 2.69. The van der Waals surface area contributed by atoms with Gasteiger partial charge in [0.15, 0.2) is 0 Å². The molecule has 0 unspecified atom stereocenters. The van der Waals surface area contributed by atoms with Gasteiger partial charge in [0.05, 0.1) is 18.3 Å². The number of hydrogen-bond donors (Lipinski definition) is 1. The van der Waals surface area contributed by atoms with Crippen molar-refractivity contribution in [3.05, 3.63) is 24.2 Å². The summed E-state index contributed by atoms with van der Waals surface area (Å²) < 4.78 is 30.0. The van der Waals surface area contributed by atoms with Gasteiger partial charge < -0.3 is 9.73 Å². The van der Waals surface area contributed by atoms with Crippen LogP contribution in [-0.2, 0) is 16.6 Å². The van der Waals surface area contributed by atoms with Crippen LogP contribution in [0.15, 0.2) is 23.0 Å². The van der Waals surface area contributed by atoms with E-state index in [1.807, 2.05) is 13.8 Å². The van der Waals surface area contributed by atoms with Gasteiger partial charge in [0.1, 0.15) is 0 Å². The summed E-state index contributed by atoms with van der Waals surface area (Å²) in [6.07, 6.45) is 3.09. The first-order valence-electron chi connectivity index (χ1n) is 5.60. The van der Waals surface area contributed by atoms with E-state index in [1.165, 1.54) is 10.6 Å². The van der Waals surface area contributed by atoms with Crippen LogP contribution in [0.1, 0.15) is 19.4 Å². The maximum absolute atomic E-state index is 11.9. The van der Waals surface area contributed by atoms with Gasteiger partial charge in [0, 0.05) is 31.7 Å². The van der Waals surface area contributed by atoms with Crippen LogP contribution in [0, 0.1) is 0 Å². The van der Waals surface area contributed by atoms with Crippen molar-refractivity contribution < 1.29 is 12.8 Å². The normalized spacial score (nSPS) is 12.5. The van der Waals surface area contributed by atoms with Crippen molar-refractivity contribution >= 4 is 10.0 Å². The number of nitrogens with one attached hydrogen (secondary N) is 1. The van der Waals surface area contributed by atoms with Crippen LogP contribution in [0.5, 0.6) is 0 Å². The van der Waals surface area contributed by atoms with Gasteiger partial charge in [-0.25, -0.2) is 12.7 Å². The number of nitrogens with zero attached hydrogens (tertiary/aromatic N) is 1. The minimum Gasteiger partial charge on any atom is -0.472 e. The lowest BCUT2D eigenvalue weighted by Gasteiger charge is -2.17. The van der Waals surface area contributed by atoms with Gasteiger partial charge in [-0.3, -0.25) is 0 Å². The summed E-state index contributed by atoms with van der Waals surface area (Å²) >= 11 is 0. The summed E-state index contributed by atoms with van der Waals surface area (Å²) in [6.45, 7) is 4.79. The van der Waals surface area contributed by atoms with E-state index >= 15 is 0 Å². The molecule has 1 rings (SSSR count). The number of rotatable bonds is 7. The van der Waals surface area contributed by atoms with Crippen LogP contribution in [0.4, 0.5) is 0 Å². The van der Waals surface area contributed by atoms with E-state index in [4.69, 9.17) is 4.42 Å². The Morgan fingerprint density at radius 2 is 2.18 bits per heavy atom. The molecule has 0 aliphatic rings. The molecule has 1 aromatic heterocycles. The second-order valence-corrected chi connectivity index (χ2v) is 6.51. The lowest BCUT2D eigenvalue weighted by Crippen LogP contribution is -2.35. The Morgan fingerprint density at radius 3 is 2.71 bits per heavy atom. The van der Waals surface area contributed by atoms with Gasteiger partial charge in [-0.2, -0.15) is 0 Å². The Labute approximate surface area is 103 Å². The van der Waals surface area contributed by atoms with Crippen molar-refractivity contribution in [2.45, 2.75) is 26.4 Å². The topological polar surface area (TPSA) is 62.6 Å². The summed E-state index contributed by atoms with van der Waals surface area (Å²) in [5, 5.41) is 3.09. The third-order valence-corrected chi connectivity index (χ3v) is 4.17. The van der Waals surface area contributed by atoms with E-state index in [9.17, 15) is 8.42 Å². The Morgan fingerprint density at radius 1 is 1.47 bits per heavy atom. The predicted molar refractivity (Wildman–Crippen MR) is 67.1 cm³/mol. The molecule has 0 spiro atoms. The van der Waals surface area contributed by atoms with E-state index in [1.54, 1.807) is 19.4 Å². The molecule has 0 saturated heterocycles. The van der Waals surface area contributed by atoms with E-state index in [0.717, 1.165) is 5.56 Å². The van der Waals surface area contributed by atoms with Crippen LogP contribution in [0.2, 0.25) is 0 Å². The summed E-state index contributed by atoms with van der Waals surface area (Å²) in [5.41, 5.74) is 0.855. The lowest BCUT2D eigenvalue weighted by atomic mass is 10.3. The molecule has 0 atom stereocenters. The van der Waals surface area contributed by atoms with Gasteiger partial charge >= 0.3 is 0 Å². The fourth-order valence-corrected chi connectivity index (χ4v) is 2.40. The predicted octanol–water partition coefficient (Wildman–Crippen LogP) is 1.04. The highest BCUT2D eigenvalue weighted by Gasteiger charge is 2.17. The third-order valence-electron chi connectivity index (χ3n) is 2.37. The van der Waals surface area contributed by atoms with Crippen LogP contribution in [0.25, 0.3) is 0 Å². The summed E-state index contributed by atoms with van der Waals surface area (Å²) in [7, 11) is -1.62. The van der Waals surface area contributed by atoms with Gasteiger partial charge in [-0.05, 0) is 6.07 Å². The van der Waals surface area contributed by atoms with Gasteiger partial charge in [0.25, 0.3) is 0 Å². The molecule has 0 bridgehead atoms. The molecule has 0 radical (unpaired) electrons. The van der Waals surface area contributed by atoms with Crippen LogP contribution < -0.4 is 5.32 Å². The smallest absolute Gasteiger partial charge is 0.215 e. The van der Waals surface area contributed by atoms with Crippen molar-refractivity contribution in [1.82, 2.24) is 9.62 Å². The zero-order valence-corrected chi connectivity index (χ0v) is 11.3. The third kappa shape index (κ3) is 4.89. The number of sulfonamides is 1. The molecule has 98 valence electrons. The Hall–Kier alpha value is -0.850. The van der Waals surface area contributed by atoms with Crippen molar-refractivity contribution in [3.8, 4) is 0 Å². The second kappa shape index (κ2) is 6.18. The molecular weight excluding hydrogens is 240 g/mol. The maximum atomic E-state index is 11.9.